The van der Waals surface area contributed by atoms with Gasteiger partial charge >= 0.3 is 0 Å². The molecule has 0 saturated heterocycles. The molecule has 0 radical (unpaired) electrons. The number of halogens is 1. The van der Waals surface area contributed by atoms with Gasteiger partial charge in [-0.2, -0.15) is 0 Å². The van der Waals surface area contributed by atoms with Crippen LogP contribution in [-0.2, 0) is 4.79 Å². The quantitative estimate of drug-likeness (QED) is 0.800. The molecule has 1 aliphatic rings. The van der Waals surface area contributed by atoms with E-state index in [0.717, 1.165) is 12.8 Å². The standard InChI is InChI=1S/C15H21FN2O2/c1-3-18-15(14(17)19,11-4-5-11)9-20-13-7-6-12(16)8-10(13)2/h6-8,11,18H,3-5,9H2,1-2H3,(H2,17,19). The van der Waals surface area contributed by atoms with Crippen LogP contribution in [0.25, 0.3) is 0 Å². The van der Waals surface area contributed by atoms with E-state index in [1.54, 1.807) is 13.0 Å². The Kier molecular flexibility index (Phi) is 4.28. The highest BCUT2D eigenvalue weighted by Gasteiger charge is 2.50. The van der Waals surface area contributed by atoms with Crippen LogP contribution in [-0.4, -0.2) is 24.6 Å². The molecule has 20 heavy (non-hydrogen) atoms. The summed E-state index contributed by atoms with van der Waals surface area (Å²) in [6.45, 7) is 4.52. The van der Waals surface area contributed by atoms with Gasteiger partial charge in [-0.1, -0.05) is 6.92 Å². The minimum Gasteiger partial charge on any atom is -0.491 e. The predicted molar refractivity (Wildman–Crippen MR) is 75.0 cm³/mol. The Labute approximate surface area is 118 Å². The lowest BCUT2D eigenvalue weighted by atomic mass is 9.93. The van der Waals surface area contributed by atoms with Crippen LogP contribution in [0, 0.1) is 18.7 Å². The lowest BCUT2D eigenvalue weighted by Gasteiger charge is -2.31. The molecule has 0 heterocycles. The molecular formula is C15H21FN2O2. The molecule has 110 valence electrons. The number of hydrogen-bond acceptors (Lipinski definition) is 3. The van der Waals surface area contributed by atoms with Crippen molar-refractivity contribution in [2.45, 2.75) is 32.2 Å². The van der Waals surface area contributed by atoms with Crippen LogP contribution in [0.3, 0.4) is 0 Å². The van der Waals surface area contributed by atoms with Crippen molar-refractivity contribution in [3.05, 3.63) is 29.6 Å². The predicted octanol–water partition coefficient (Wildman–Crippen LogP) is 1.76. The Morgan fingerprint density at radius 2 is 2.25 bits per heavy atom. The molecule has 1 unspecified atom stereocenters. The zero-order chi connectivity index (χ0) is 14.8. The number of aryl methyl sites for hydroxylation is 1. The number of ether oxygens (including phenoxy) is 1. The van der Waals surface area contributed by atoms with Crippen molar-refractivity contribution < 1.29 is 13.9 Å². The lowest BCUT2D eigenvalue weighted by Crippen LogP contribution is -2.61. The minimum atomic E-state index is -0.824. The average Bonchev–Trinajstić information content (AvgIpc) is 3.20. The first-order valence-corrected chi connectivity index (χ1v) is 6.93. The summed E-state index contributed by atoms with van der Waals surface area (Å²) in [5.74, 6) is 0.114. The van der Waals surface area contributed by atoms with Gasteiger partial charge in [0.05, 0.1) is 0 Å². The highest BCUT2D eigenvalue weighted by Crippen LogP contribution is 2.40. The maximum atomic E-state index is 13.1. The first kappa shape index (κ1) is 14.8. The Bertz CT molecular complexity index is 503. The molecule has 1 atom stereocenters. The maximum absolute atomic E-state index is 13.1. The van der Waals surface area contributed by atoms with Crippen molar-refractivity contribution in [2.24, 2.45) is 11.7 Å². The van der Waals surface area contributed by atoms with E-state index < -0.39 is 5.54 Å². The van der Waals surface area contributed by atoms with Crippen molar-refractivity contribution in [2.75, 3.05) is 13.2 Å². The molecule has 0 bridgehead atoms. The molecule has 1 aliphatic carbocycles. The van der Waals surface area contributed by atoms with E-state index in [1.807, 2.05) is 6.92 Å². The number of rotatable bonds is 7. The van der Waals surface area contributed by atoms with Gasteiger partial charge in [-0.3, -0.25) is 4.79 Å². The zero-order valence-electron chi connectivity index (χ0n) is 11.9. The lowest BCUT2D eigenvalue weighted by molar-refractivity contribution is -0.126. The van der Waals surface area contributed by atoms with Gasteiger partial charge in [-0.25, -0.2) is 4.39 Å². The van der Waals surface area contributed by atoms with Gasteiger partial charge in [0.15, 0.2) is 0 Å². The molecule has 2 rings (SSSR count). The van der Waals surface area contributed by atoms with E-state index in [4.69, 9.17) is 10.5 Å². The summed E-state index contributed by atoms with van der Waals surface area (Å²) in [7, 11) is 0. The highest BCUT2D eigenvalue weighted by molar-refractivity contribution is 5.85. The van der Waals surface area contributed by atoms with Gasteiger partial charge in [0.25, 0.3) is 0 Å². The SMILES string of the molecule is CCNC(COc1ccc(F)cc1C)(C(N)=O)C1CC1. The molecule has 1 aromatic rings. The second-order valence-corrected chi connectivity index (χ2v) is 5.34. The summed E-state index contributed by atoms with van der Waals surface area (Å²) in [6.07, 6.45) is 1.95. The van der Waals surface area contributed by atoms with Crippen molar-refractivity contribution >= 4 is 5.91 Å². The summed E-state index contributed by atoms with van der Waals surface area (Å²) in [4.78, 5) is 11.9. The summed E-state index contributed by atoms with van der Waals surface area (Å²) in [5, 5.41) is 3.18. The molecule has 1 aromatic carbocycles. The molecule has 0 spiro atoms. The molecule has 5 heteroatoms. The second kappa shape index (κ2) is 5.79. The van der Waals surface area contributed by atoms with Crippen LogP contribution < -0.4 is 15.8 Å². The number of primary amides is 1. The third-order valence-corrected chi connectivity index (χ3v) is 3.80. The molecule has 0 aliphatic heterocycles. The van der Waals surface area contributed by atoms with Gasteiger partial charge in [0.2, 0.25) is 5.91 Å². The second-order valence-electron chi connectivity index (χ2n) is 5.34. The Balaban J connectivity index is 2.14. The molecule has 4 nitrogen and oxygen atoms in total. The number of carbonyl (C=O) groups excluding carboxylic acids is 1. The van der Waals surface area contributed by atoms with Crippen LogP contribution in [0.1, 0.15) is 25.3 Å². The molecule has 1 saturated carbocycles. The summed E-state index contributed by atoms with van der Waals surface area (Å²) >= 11 is 0. The average molecular weight is 280 g/mol. The third kappa shape index (κ3) is 2.93. The van der Waals surface area contributed by atoms with Crippen molar-refractivity contribution in [3.8, 4) is 5.75 Å². The largest absolute Gasteiger partial charge is 0.491 e. The number of likely N-dealkylation sites (N-methyl/N-ethyl adjacent to an activating group) is 1. The van der Waals surface area contributed by atoms with E-state index in [9.17, 15) is 9.18 Å². The van der Waals surface area contributed by atoms with Gasteiger partial charge in [-0.05, 0) is 56.0 Å². The van der Waals surface area contributed by atoms with Crippen molar-refractivity contribution in [1.82, 2.24) is 5.32 Å². The normalized spacial score (nSPS) is 17.6. The van der Waals surface area contributed by atoms with Crippen LogP contribution in [0.15, 0.2) is 18.2 Å². The number of hydrogen-bond donors (Lipinski definition) is 2. The zero-order valence-corrected chi connectivity index (χ0v) is 11.9. The Hall–Kier alpha value is -1.62. The Morgan fingerprint density at radius 3 is 2.75 bits per heavy atom. The van der Waals surface area contributed by atoms with Gasteiger partial charge in [0.1, 0.15) is 23.7 Å². The van der Waals surface area contributed by atoms with E-state index in [-0.39, 0.29) is 24.2 Å². The molecule has 1 amide bonds. The van der Waals surface area contributed by atoms with Crippen LogP contribution >= 0.6 is 0 Å². The smallest absolute Gasteiger partial charge is 0.241 e. The number of nitrogens with one attached hydrogen (secondary N) is 1. The Morgan fingerprint density at radius 1 is 1.55 bits per heavy atom. The number of carbonyl (C=O) groups is 1. The fourth-order valence-electron chi connectivity index (χ4n) is 2.53. The van der Waals surface area contributed by atoms with Crippen molar-refractivity contribution in [1.29, 1.82) is 0 Å². The van der Waals surface area contributed by atoms with Crippen LogP contribution in [0.4, 0.5) is 4.39 Å². The van der Waals surface area contributed by atoms with Crippen molar-refractivity contribution in [3.63, 3.8) is 0 Å². The monoisotopic (exact) mass is 280 g/mol. The number of benzene rings is 1. The highest BCUT2D eigenvalue weighted by atomic mass is 19.1. The first-order chi connectivity index (χ1) is 9.49. The molecule has 0 aromatic heterocycles. The minimum absolute atomic E-state index is 0.174. The summed E-state index contributed by atoms with van der Waals surface area (Å²) in [5.41, 5.74) is 5.46. The van der Waals surface area contributed by atoms with Crippen LogP contribution in [0.2, 0.25) is 0 Å². The van der Waals surface area contributed by atoms with E-state index >= 15 is 0 Å². The summed E-state index contributed by atoms with van der Waals surface area (Å²) in [6, 6.07) is 4.33. The van der Waals surface area contributed by atoms with E-state index in [1.165, 1.54) is 12.1 Å². The van der Waals surface area contributed by atoms with Gasteiger partial charge in [-0.15, -0.1) is 0 Å². The topological polar surface area (TPSA) is 64.3 Å². The van der Waals surface area contributed by atoms with Crippen LogP contribution in [0.5, 0.6) is 5.75 Å². The number of nitrogens with two attached hydrogens (primary N) is 1. The first-order valence-electron chi connectivity index (χ1n) is 6.93. The fraction of sp³-hybridized carbons (Fsp3) is 0.533. The molecule has 1 fully saturated rings. The number of amides is 1. The molecular weight excluding hydrogens is 259 g/mol. The van der Waals surface area contributed by atoms with E-state index in [2.05, 4.69) is 5.32 Å². The van der Waals surface area contributed by atoms with E-state index in [0.29, 0.717) is 17.9 Å². The third-order valence-electron chi connectivity index (χ3n) is 3.80. The maximum Gasteiger partial charge on any atom is 0.241 e. The van der Waals surface area contributed by atoms with Gasteiger partial charge < -0.3 is 15.8 Å². The van der Waals surface area contributed by atoms with Gasteiger partial charge in [0, 0.05) is 0 Å². The summed E-state index contributed by atoms with van der Waals surface area (Å²) < 4.78 is 18.8. The fourth-order valence-corrected chi connectivity index (χ4v) is 2.53. The molecule has 3 N–H and O–H groups in total.